The van der Waals surface area contributed by atoms with Gasteiger partial charge in [0.25, 0.3) is 0 Å². The van der Waals surface area contributed by atoms with E-state index >= 15 is 0 Å². The lowest BCUT2D eigenvalue weighted by molar-refractivity contribution is -0.136. The zero-order valence-electron chi connectivity index (χ0n) is 10.2. The van der Waals surface area contributed by atoms with Gasteiger partial charge in [0, 0.05) is 27.7 Å². The molecular formula is C13H13F3N2S. The van der Waals surface area contributed by atoms with E-state index in [1.807, 2.05) is 19.1 Å². The molecule has 102 valence electrons. The second kappa shape index (κ2) is 5.13. The number of nitrogens with two attached hydrogens (primary N) is 1. The third-order valence-corrected chi connectivity index (χ3v) is 3.60. The smallest absolute Gasteiger partial charge is 0.399 e. The Morgan fingerprint density at radius 3 is 2.53 bits per heavy atom. The maximum Gasteiger partial charge on any atom is 0.418 e. The molecule has 0 spiro atoms. The number of benzene rings is 1. The van der Waals surface area contributed by atoms with Gasteiger partial charge >= 0.3 is 6.18 Å². The minimum absolute atomic E-state index is 0.0488. The summed E-state index contributed by atoms with van der Waals surface area (Å²) in [4.78, 5) is 2.12. The summed E-state index contributed by atoms with van der Waals surface area (Å²) in [5.74, 6) is 0. The highest BCUT2D eigenvalue weighted by Gasteiger charge is 2.33. The number of aryl methyl sites for hydroxylation is 1. The third kappa shape index (κ3) is 3.41. The summed E-state index contributed by atoms with van der Waals surface area (Å²) in [6, 6.07) is 7.60. The van der Waals surface area contributed by atoms with Crippen molar-refractivity contribution in [3.8, 4) is 0 Å². The van der Waals surface area contributed by atoms with Crippen molar-refractivity contribution in [1.29, 1.82) is 0 Å². The molecule has 2 aromatic rings. The van der Waals surface area contributed by atoms with Gasteiger partial charge in [-0.15, -0.1) is 11.3 Å². The van der Waals surface area contributed by atoms with Gasteiger partial charge in [0.05, 0.1) is 5.56 Å². The average Bonchev–Trinajstić information content (AvgIpc) is 2.72. The Labute approximate surface area is 113 Å². The lowest BCUT2D eigenvalue weighted by atomic mass is 10.1. The van der Waals surface area contributed by atoms with Crippen LogP contribution in [0.3, 0.4) is 0 Å². The molecule has 0 aliphatic rings. The minimum atomic E-state index is -4.41. The van der Waals surface area contributed by atoms with Crippen molar-refractivity contribution in [2.75, 3.05) is 11.1 Å². The molecule has 0 aliphatic carbocycles. The van der Waals surface area contributed by atoms with Crippen LogP contribution in [-0.2, 0) is 12.7 Å². The summed E-state index contributed by atoms with van der Waals surface area (Å²) in [6.07, 6.45) is -4.41. The molecule has 0 fully saturated rings. The fraction of sp³-hybridized carbons (Fsp3) is 0.231. The van der Waals surface area contributed by atoms with Gasteiger partial charge in [0.1, 0.15) is 0 Å². The van der Waals surface area contributed by atoms with Gasteiger partial charge in [-0.1, -0.05) is 0 Å². The number of rotatable bonds is 3. The Hall–Kier alpha value is -1.69. The third-order valence-electron chi connectivity index (χ3n) is 2.60. The second-order valence-electron chi connectivity index (χ2n) is 4.17. The Morgan fingerprint density at radius 1 is 1.21 bits per heavy atom. The molecule has 0 amide bonds. The maximum absolute atomic E-state index is 12.9. The molecule has 6 heteroatoms. The Balaban J connectivity index is 2.20. The first-order valence-electron chi connectivity index (χ1n) is 5.62. The van der Waals surface area contributed by atoms with E-state index in [9.17, 15) is 13.2 Å². The van der Waals surface area contributed by atoms with E-state index in [-0.39, 0.29) is 11.4 Å². The number of thiophene rings is 1. The normalized spacial score (nSPS) is 11.6. The monoisotopic (exact) mass is 286 g/mol. The number of hydrogen-bond acceptors (Lipinski definition) is 3. The maximum atomic E-state index is 12.9. The van der Waals surface area contributed by atoms with Gasteiger partial charge in [-0.25, -0.2) is 0 Å². The van der Waals surface area contributed by atoms with Crippen molar-refractivity contribution in [3.63, 3.8) is 0 Å². The summed E-state index contributed by atoms with van der Waals surface area (Å²) in [7, 11) is 0. The van der Waals surface area contributed by atoms with Crippen molar-refractivity contribution in [2.45, 2.75) is 19.6 Å². The Kier molecular flexibility index (Phi) is 3.71. The van der Waals surface area contributed by atoms with Crippen LogP contribution in [0.1, 0.15) is 15.3 Å². The van der Waals surface area contributed by atoms with Crippen LogP contribution in [0.5, 0.6) is 0 Å². The molecule has 1 heterocycles. The number of anilines is 2. The van der Waals surface area contributed by atoms with E-state index in [1.165, 1.54) is 12.1 Å². The van der Waals surface area contributed by atoms with Crippen LogP contribution in [0.25, 0.3) is 0 Å². The van der Waals surface area contributed by atoms with E-state index < -0.39 is 11.7 Å². The second-order valence-corrected chi connectivity index (χ2v) is 5.54. The minimum Gasteiger partial charge on any atom is -0.399 e. The van der Waals surface area contributed by atoms with Crippen molar-refractivity contribution in [1.82, 2.24) is 0 Å². The van der Waals surface area contributed by atoms with Gasteiger partial charge in [-0.05, 0) is 37.3 Å². The zero-order valence-corrected chi connectivity index (χ0v) is 11.0. The van der Waals surface area contributed by atoms with Gasteiger partial charge < -0.3 is 11.1 Å². The molecule has 0 bridgehead atoms. The molecule has 0 unspecified atom stereocenters. The highest BCUT2D eigenvalue weighted by Crippen LogP contribution is 2.36. The number of hydrogen-bond donors (Lipinski definition) is 2. The largest absolute Gasteiger partial charge is 0.418 e. The van der Waals surface area contributed by atoms with Gasteiger partial charge in [-0.3, -0.25) is 0 Å². The molecule has 0 saturated carbocycles. The van der Waals surface area contributed by atoms with Crippen molar-refractivity contribution >= 4 is 22.7 Å². The molecule has 19 heavy (non-hydrogen) atoms. The van der Waals surface area contributed by atoms with Crippen molar-refractivity contribution in [2.24, 2.45) is 0 Å². The average molecular weight is 286 g/mol. The highest BCUT2D eigenvalue weighted by atomic mass is 32.1. The number of nitrogen functional groups attached to an aromatic ring is 1. The van der Waals surface area contributed by atoms with Gasteiger partial charge in [0.2, 0.25) is 0 Å². The van der Waals surface area contributed by atoms with Crippen LogP contribution in [0.2, 0.25) is 0 Å². The lowest BCUT2D eigenvalue weighted by Crippen LogP contribution is -2.11. The van der Waals surface area contributed by atoms with Crippen LogP contribution < -0.4 is 11.1 Å². The molecule has 1 aromatic carbocycles. The quantitative estimate of drug-likeness (QED) is 0.827. The zero-order chi connectivity index (χ0) is 14.0. The number of halogens is 3. The van der Waals surface area contributed by atoms with E-state index in [0.29, 0.717) is 6.54 Å². The first-order chi connectivity index (χ1) is 8.86. The fourth-order valence-corrected chi connectivity index (χ4v) is 2.54. The predicted molar refractivity (Wildman–Crippen MR) is 72.2 cm³/mol. The summed E-state index contributed by atoms with van der Waals surface area (Å²) >= 11 is 1.56. The molecule has 1 aromatic heterocycles. The van der Waals surface area contributed by atoms with Crippen LogP contribution in [0.15, 0.2) is 30.3 Å². The molecule has 0 radical (unpaired) electrons. The molecule has 2 rings (SSSR count). The molecular weight excluding hydrogens is 273 g/mol. The van der Waals surface area contributed by atoms with E-state index in [1.54, 1.807) is 11.3 Å². The summed E-state index contributed by atoms with van der Waals surface area (Å²) < 4.78 is 38.6. The highest BCUT2D eigenvalue weighted by molar-refractivity contribution is 7.11. The molecule has 2 nitrogen and oxygen atoms in total. The van der Waals surface area contributed by atoms with Crippen LogP contribution in [-0.4, -0.2) is 0 Å². The topological polar surface area (TPSA) is 38.0 Å². The van der Waals surface area contributed by atoms with Crippen LogP contribution >= 0.6 is 11.3 Å². The lowest BCUT2D eigenvalue weighted by Gasteiger charge is -2.14. The van der Waals surface area contributed by atoms with E-state index in [4.69, 9.17) is 5.73 Å². The Bertz CT molecular complexity index is 576. The van der Waals surface area contributed by atoms with Gasteiger partial charge in [-0.2, -0.15) is 13.2 Å². The first-order valence-corrected chi connectivity index (χ1v) is 6.44. The van der Waals surface area contributed by atoms with Crippen molar-refractivity contribution in [3.05, 3.63) is 45.6 Å². The Morgan fingerprint density at radius 2 is 1.95 bits per heavy atom. The van der Waals surface area contributed by atoms with Crippen LogP contribution in [0, 0.1) is 6.92 Å². The van der Waals surface area contributed by atoms with Crippen LogP contribution in [0.4, 0.5) is 24.5 Å². The number of nitrogens with one attached hydrogen (secondary N) is 1. The molecule has 3 N–H and O–H groups in total. The molecule has 0 aliphatic heterocycles. The fourth-order valence-electron chi connectivity index (χ4n) is 1.71. The summed E-state index contributed by atoms with van der Waals surface area (Å²) in [6.45, 7) is 2.32. The first kappa shape index (κ1) is 13.7. The van der Waals surface area contributed by atoms with Gasteiger partial charge in [0.15, 0.2) is 0 Å². The molecule has 0 atom stereocenters. The number of alkyl halides is 3. The van der Waals surface area contributed by atoms with E-state index in [0.717, 1.165) is 15.8 Å². The molecule has 0 saturated heterocycles. The van der Waals surface area contributed by atoms with Crippen molar-refractivity contribution < 1.29 is 13.2 Å². The standard InChI is InChI=1S/C13H13F3N2S/c1-8-2-4-10(19-8)7-18-12-5-3-9(17)6-11(12)13(14,15)16/h2-6,18H,7,17H2,1H3. The summed E-state index contributed by atoms with van der Waals surface area (Å²) in [5.41, 5.74) is 4.82. The van der Waals surface area contributed by atoms with E-state index in [2.05, 4.69) is 5.32 Å². The predicted octanol–water partition coefficient (Wildman–Crippen LogP) is 4.27. The summed E-state index contributed by atoms with van der Waals surface area (Å²) in [5, 5.41) is 2.81. The SMILES string of the molecule is Cc1ccc(CNc2ccc(N)cc2C(F)(F)F)s1.